The summed E-state index contributed by atoms with van der Waals surface area (Å²) < 4.78 is 20.1. The zero-order chi connectivity index (χ0) is 12.5. The molecule has 0 bridgehead atoms. The topological polar surface area (TPSA) is 46.2 Å². The molecular weight excluding hydrogens is 345 g/mol. The first-order chi connectivity index (χ1) is 6.56. The fourth-order valence-corrected chi connectivity index (χ4v) is 1.51. The third kappa shape index (κ3) is 38.8. The van der Waals surface area contributed by atoms with Crippen LogP contribution in [0.5, 0.6) is 0 Å². The highest BCUT2D eigenvalue weighted by molar-refractivity contribution is 8.24. The van der Waals surface area contributed by atoms with Crippen molar-refractivity contribution in [2.24, 2.45) is 0 Å². The van der Waals surface area contributed by atoms with Gasteiger partial charge in [0.2, 0.25) is 0 Å². The summed E-state index contributed by atoms with van der Waals surface area (Å²) in [5.41, 5.74) is 0. The van der Waals surface area contributed by atoms with Crippen molar-refractivity contribution in [2.45, 2.75) is 26.2 Å². The Balaban J connectivity index is 0. The van der Waals surface area contributed by atoms with Crippen LogP contribution in [0, 0.1) is 0 Å². The van der Waals surface area contributed by atoms with Gasteiger partial charge >= 0.3 is 11.2 Å². The summed E-state index contributed by atoms with van der Waals surface area (Å²) in [5, 5.41) is -0.679. The predicted molar refractivity (Wildman–Crippen MR) is 72.0 cm³/mol. The highest BCUT2D eigenvalue weighted by Gasteiger charge is 2.10. The molecule has 0 aliphatic carbocycles. The molecule has 0 saturated carbocycles. The van der Waals surface area contributed by atoms with Crippen LogP contribution in [0.15, 0.2) is 0 Å². The van der Waals surface area contributed by atoms with Crippen molar-refractivity contribution in [3.05, 3.63) is 0 Å². The van der Waals surface area contributed by atoms with Crippen molar-refractivity contribution < 1.29 is 9.13 Å². The smallest absolute Gasteiger partial charge is 0.271 e. The van der Waals surface area contributed by atoms with Gasteiger partial charge in [0.15, 0.2) is 0 Å². The van der Waals surface area contributed by atoms with E-state index < -0.39 is 11.2 Å². The van der Waals surface area contributed by atoms with Gasteiger partial charge < -0.3 is 0 Å². The summed E-state index contributed by atoms with van der Waals surface area (Å²) in [7, 11) is 0. The van der Waals surface area contributed by atoms with Gasteiger partial charge in [0, 0.05) is 6.54 Å². The molecule has 0 unspecified atom stereocenters. The molecule has 1 N–H and O–H groups in total. The van der Waals surface area contributed by atoms with Gasteiger partial charge in [-0.1, -0.05) is 19.8 Å². The van der Waals surface area contributed by atoms with E-state index >= 15 is 0 Å². The van der Waals surface area contributed by atoms with E-state index in [4.69, 9.17) is 22.5 Å². The molecule has 0 spiro atoms. The van der Waals surface area contributed by atoms with Crippen LogP contribution in [0.2, 0.25) is 0 Å². The molecule has 0 aliphatic rings. The van der Waals surface area contributed by atoms with E-state index in [-0.39, 0.29) is 0 Å². The van der Waals surface area contributed by atoms with Crippen molar-refractivity contribution in [1.82, 2.24) is 5.09 Å². The van der Waals surface area contributed by atoms with Crippen LogP contribution in [-0.4, -0.2) is 6.54 Å². The molecule has 0 aromatic heterocycles. The Morgan fingerprint density at radius 2 is 1.40 bits per heavy atom. The first kappa shape index (κ1) is 19.2. The van der Waals surface area contributed by atoms with Gasteiger partial charge in [0.25, 0.3) is 0 Å². The van der Waals surface area contributed by atoms with Gasteiger partial charge in [-0.05, 0) is 62.6 Å². The Kier molecular flexibility index (Phi) is 12.6. The maximum Gasteiger partial charge on any atom is 0.339 e. The predicted octanol–water partition coefficient (Wildman–Crippen LogP) is 6.16. The second-order valence-corrected chi connectivity index (χ2v) is 13.7. The van der Waals surface area contributed by atoms with Gasteiger partial charge in [-0.25, -0.2) is 5.09 Å². The van der Waals surface area contributed by atoms with Crippen LogP contribution < -0.4 is 5.09 Å². The molecule has 3 nitrogen and oxygen atoms in total. The first-order valence-electron chi connectivity index (χ1n) is 3.99. The Morgan fingerprint density at radius 3 is 1.67 bits per heavy atom. The Bertz CT molecular complexity index is 231. The molecule has 0 atom stereocenters. The standard InChI is InChI=1S/C5H12Cl2NOP.Cl3OP/c1-2-3-4-5-8-10(6,7)9;1-5(2,3)4/h2-5H2,1H3,(H,8,9);. The molecule has 0 amide bonds. The summed E-state index contributed by atoms with van der Waals surface area (Å²) in [5.74, 6) is -3.01. The van der Waals surface area contributed by atoms with Crippen LogP contribution >= 0.6 is 67.4 Å². The molecule has 0 radical (unpaired) electrons. The highest BCUT2D eigenvalue weighted by Crippen LogP contribution is 2.61. The van der Waals surface area contributed by atoms with E-state index in [0.29, 0.717) is 6.54 Å². The molecule has 10 heteroatoms. The van der Waals surface area contributed by atoms with E-state index in [2.05, 4.69) is 45.7 Å². The van der Waals surface area contributed by atoms with Gasteiger partial charge in [-0.2, -0.15) is 0 Å². The van der Waals surface area contributed by atoms with Crippen molar-refractivity contribution in [3.63, 3.8) is 0 Å². The van der Waals surface area contributed by atoms with Crippen LogP contribution in [0.1, 0.15) is 26.2 Å². The van der Waals surface area contributed by atoms with Crippen molar-refractivity contribution >= 4 is 67.4 Å². The molecule has 94 valence electrons. The number of nitrogens with one attached hydrogen (secondary N) is 1. The maximum absolute atomic E-state index is 10.6. The zero-order valence-corrected chi connectivity index (χ0v) is 13.5. The van der Waals surface area contributed by atoms with Crippen LogP contribution in [0.25, 0.3) is 0 Å². The van der Waals surface area contributed by atoms with Crippen LogP contribution in [-0.2, 0) is 9.13 Å². The molecule has 0 saturated heterocycles. The summed E-state index contributed by atoms with van der Waals surface area (Å²) in [6, 6.07) is 0. The minimum atomic E-state index is -3.22. The number of hydrogen-bond donors (Lipinski definition) is 1. The van der Waals surface area contributed by atoms with Crippen molar-refractivity contribution in [1.29, 1.82) is 0 Å². The average molecular weight is 357 g/mol. The lowest BCUT2D eigenvalue weighted by Gasteiger charge is -2.02. The molecule has 0 heterocycles. The summed E-state index contributed by atoms with van der Waals surface area (Å²) in [4.78, 5) is 0. The zero-order valence-electron chi connectivity index (χ0n) is 7.93. The lowest BCUT2D eigenvalue weighted by molar-refractivity contribution is 0.581. The third-order valence-electron chi connectivity index (χ3n) is 1.08. The normalized spacial score (nSPS) is 11.9. The lowest BCUT2D eigenvalue weighted by Crippen LogP contribution is -2.05. The quantitative estimate of drug-likeness (QED) is 0.473. The molecule has 0 aromatic rings. The van der Waals surface area contributed by atoms with Gasteiger partial charge in [-0.3, -0.25) is 9.13 Å². The number of rotatable bonds is 5. The fourth-order valence-electron chi connectivity index (χ4n) is 0.584. The van der Waals surface area contributed by atoms with E-state index in [9.17, 15) is 9.13 Å². The highest BCUT2D eigenvalue weighted by atomic mass is 36.0. The van der Waals surface area contributed by atoms with E-state index in [0.717, 1.165) is 19.3 Å². The molecule has 0 rings (SSSR count). The van der Waals surface area contributed by atoms with E-state index in [1.54, 1.807) is 0 Å². The number of hydrogen-bond acceptors (Lipinski definition) is 2. The largest absolute Gasteiger partial charge is 0.339 e. The molecule has 0 fully saturated rings. The number of unbranched alkanes of at least 4 members (excludes halogenated alkanes) is 2. The SMILES string of the molecule is CCCCCNP(=O)(Cl)Cl.O=P(Cl)(Cl)Cl. The second-order valence-electron chi connectivity index (χ2n) is 2.48. The van der Waals surface area contributed by atoms with Gasteiger partial charge in [0.05, 0.1) is 0 Å². The van der Waals surface area contributed by atoms with Crippen molar-refractivity contribution in [3.8, 4) is 0 Å². The Morgan fingerprint density at radius 1 is 1.00 bits per heavy atom. The first-order valence-corrected chi connectivity index (χ1v) is 11.9. The monoisotopic (exact) mass is 355 g/mol. The molecule has 0 aliphatic heterocycles. The van der Waals surface area contributed by atoms with E-state index in [1.165, 1.54) is 0 Å². The summed E-state index contributed by atoms with van der Waals surface area (Å²) in [6.45, 7) is 2.74. The second kappa shape index (κ2) is 9.85. The third-order valence-corrected chi connectivity index (χ3v) is 2.39. The summed E-state index contributed by atoms with van der Waals surface area (Å²) >= 11 is 24.3. The summed E-state index contributed by atoms with van der Waals surface area (Å²) in [6.07, 6.45) is 3.22. The maximum atomic E-state index is 10.6. The lowest BCUT2D eigenvalue weighted by atomic mass is 10.3. The number of halogens is 5. The Hall–Kier alpha value is 1.87. The van der Waals surface area contributed by atoms with Crippen molar-refractivity contribution in [2.75, 3.05) is 6.54 Å². The molecule has 15 heavy (non-hydrogen) atoms. The fraction of sp³-hybridized carbons (Fsp3) is 1.00. The molecule has 0 aromatic carbocycles. The van der Waals surface area contributed by atoms with Crippen LogP contribution in [0.4, 0.5) is 0 Å². The molecular formula is C5H12Cl5NO2P2. The van der Waals surface area contributed by atoms with Crippen LogP contribution in [0.3, 0.4) is 0 Å². The average Bonchev–Trinajstić information content (AvgIpc) is 1.93. The minimum Gasteiger partial charge on any atom is -0.271 e. The van der Waals surface area contributed by atoms with Gasteiger partial charge in [0.1, 0.15) is 0 Å². The van der Waals surface area contributed by atoms with E-state index in [1.807, 2.05) is 0 Å². The Labute approximate surface area is 114 Å². The minimum absolute atomic E-state index is 0.637. The van der Waals surface area contributed by atoms with Gasteiger partial charge in [-0.15, -0.1) is 0 Å².